The first kappa shape index (κ1) is 14.0. The Kier molecular flexibility index (Phi) is 4.11. The molecule has 0 saturated carbocycles. The third-order valence-electron chi connectivity index (χ3n) is 4.09. The molecule has 2 aromatic carbocycles. The molecule has 0 saturated heterocycles. The van der Waals surface area contributed by atoms with Gasteiger partial charge in [0.15, 0.2) is 0 Å². The number of fused-ring (bicyclic) bond motifs is 1. The van der Waals surface area contributed by atoms with Gasteiger partial charge in [-0.05, 0) is 54.8 Å². The predicted molar refractivity (Wildman–Crippen MR) is 86.9 cm³/mol. The topological polar surface area (TPSA) is 33.3 Å². The Morgan fingerprint density at radius 1 is 1.19 bits per heavy atom. The van der Waals surface area contributed by atoms with E-state index in [1.54, 1.807) is 7.11 Å². The van der Waals surface area contributed by atoms with Crippen LogP contribution < -0.4 is 15.4 Å². The maximum Gasteiger partial charge on any atom is 0.121 e. The van der Waals surface area contributed by atoms with E-state index in [9.17, 15) is 0 Å². The monoisotopic (exact) mass is 282 g/mol. The van der Waals surface area contributed by atoms with Crippen LogP contribution in [-0.4, -0.2) is 13.7 Å². The van der Waals surface area contributed by atoms with Crippen molar-refractivity contribution >= 4 is 5.69 Å². The molecule has 21 heavy (non-hydrogen) atoms. The average Bonchev–Trinajstić information content (AvgIpc) is 2.70. The van der Waals surface area contributed by atoms with E-state index in [1.165, 1.54) is 11.1 Å². The van der Waals surface area contributed by atoms with Crippen molar-refractivity contribution in [3.05, 3.63) is 59.2 Å². The zero-order valence-corrected chi connectivity index (χ0v) is 12.6. The number of aryl methyl sites for hydroxylation is 1. The van der Waals surface area contributed by atoms with Gasteiger partial charge < -0.3 is 15.4 Å². The Morgan fingerprint density at radius 2 is 2.05 bits per heavy atom. The lowest BCUT2D eigenvalue weighted by Gasteiger charge is -2.21. The number of nitrogens with one attached hydrogen (secondary N) is 2. The van der Waals surface area contributed by atoms with Crippen molar-refractivity contribution < 1.29 is 4.74 Å². The highest BCUT2D eigenvalue weighted by molar-refractivity contribution is 5.52. The van der Waals surface area contributed by atoms with Crippen molar-refractivity contribution in [3.8, 4) is 5.75 Å². The van der Waals surface area contributed by atoms with E-state index in [0.29, 0.717) is 6.04 Å². The molecule has 1 atom stereocenters. The zero-order valence-electron chi connectivity index (χ0n) is 12.6. The number of methoxy groups -OCH3 is 1. The van der Waals surface area contributed by atoms with Crippen LogP contribution in [-0.2, 0) is 6.54 Å². The second-order valence-electron chi connectivity index (χ2n) is 5.55. The van der Waals surface area contributed by atoms with E-state index in [1.807, 2.05) is 6.07 Å². The number of anilines is 1. The summed E-state index contributed by atoms with van der Waals surface area (Å²) in [7, 11) is 1.71. The van der Waals surface area contributed by atoms with Gasteiger partial charge in [-0.15, -0.1) is 0 Å². The van der Waals surface area contributed by atoms with Gasteiger partial charge >= 0.3 is 0 Å². The third kappa shape index (κ3) is 3.03. The van der Waals surface area contributed by atoms with Gasteiger partial charge in [0.25, 0.3) is 0 Å². The van der Waals surface area contributed by atoms with E-state index in [-0.39, 0.29) is 0 Å². The second kappa shape index (κ2) is 6.19. The molecule has 1 heterocycles. The van der Waals surface area contributed by atoms with Gasteiger partial charge in [-0.3, -0.25) is 0 Å². The standard InChI is InChI=1S/C18H22N2O/c1-13-11-15(7-8-18(13)21-2)20-17-9-10-19-12-14-5-3-4-6-16(14)17/h3-8,11,17,19-20H,9-10,12H2,1-2H3. The summed E-state index contributed by atoms with van der Waals surface area (Å²) >= 11 is 0. The second-order valence-corrected chi connectivity index (χ2v) is 5.55. The smallest absolute Gasteiger partial charge is 0.121 e. The largest absolute Gasteiger partial charge is 0.496 e. The molecule has 3 rings (SSSR count). The van der Waals surface area contributed by atoms with Crippen LogP contribution in [0.5, 0.6) is 5.75 Å². The SMILES string of the molecule is COc1ccc(NC2CCNCc3ccccc32)cc1C. The summed E-state index contributed by atoms with van der Waals surface area (Å²) < 4.78 is 5.33. The first-order valence-corrected chi connectivity index (χ1v) is 7.47. The summed E-state index contributed by atoms with van der Waals surface area (Å²) in [6.45, 7) is 4.06. The van der Waals surface area contributed by atoms with E-state index in [2.05, 4.69) is 54.0 Å². The highest BCUT2D eigenvalue weighted by Gasteiger charge is 2.17. The Morgan fingerprint density at radius 3 is 2.86 bits per heavy atom. The molecule has 0 amide bonds. The van der Waals surface area contributed by atoms with Crippen LogP contribution in [0.2, 0.25) is 0 Å². The van der Waals surface area contributed by atoms with Crippen LogP contribution in [0.15, 0.2) is 42.5 Å². The highest BCUT2D eigenvalue weighted by atomic mass is 16.5. The summed E-state index contributed by atoms with van der Waals surface area (Å²) in [5, 5.41) is 7.16. The van der Waals surface area contributed by atoms with Crippen LogP contribution >= 0.6 is 0 Å². The minimum Gasteiger partial charge on any atom is -0.496 e. The van der Waals surface area contributed by atoms with Gasteiger partial charge in [0.1, 0.15) is 5.75 Å². The summed E-state index contributed by atoms with van der Waals surface area (Å²) in [6, 6.07) is 15.3. The molecule has 110 valence electrons. The fourth-order valence-corrected chi connectivity index (χ4v) is 2.98. The van der Waals surface area contributed by atoms with Gasteiger partial charge in [0.05, 0.1) is 13.2 Å². The molecule has 2 aromatic rings. The van der Waals surface area contributed by atoms with Crippen LogP contribution in [0, 0.1) is 6.92 Å². The van der Waals surface area contributed by atoms with Crippen molar-refractivity contribution in [2.75, 3.05) is 19.0 Å². The molecule has 0 fully saturated rings. The van der Waals surface area contributed by atoms with Crippen molar-refractivity contribution in [3.63, 3.8) is 0 Å². The molecular weight excluding hydrogens is 260 g/mol. The minimum atomic E-state index is 0.351. The maximum atomic E-state index is 5.33. The normalized spacial score (nSPS) is 17.7. The predicted octanol–water partition coefficient (Wildman–Crippen LogP) is 3.65. The van der Waals surface area contributed by atoms with Gasteiger partial charge in [-0.2, -0.15) is 0 Å². The number of hydrogen-bond donors (Lipinski definition) is 2. The van der Waals surface area contributed by atoms with Gasteiger partial charge in [0.2, 0.25) is 0 Å². The molecule has 0 bridgehead atoms. The van der Waals surface area contributed by atoms with E-state index in [4.69, 9.17) is 4.74 Å². The van der Waals surface area contributed by atoms with E-state index in [0.717, 1.165) is 36.5 Å². The lowest BCUT2D eigenvalue weighted by atomic mass is 9.99. The molecule has 0 aliphatic carbocycles. The van der Waals surface area contributed by atoms with Crippen molar-refractivity contribution in [1.82, 2.24) is 5.32 Å². The molecule has 1 aliphatic rings. The molecule has 3 heteroatoms. The number of ether oxygens (including phenoxy) is 1. The van der Waals surface area contributed by atoms with Gasteiger partial charge in [-0.1, -0.05) is 24.3 Å². The van der Waals surface area contributed by atoms with Crippen LogP contribution in [0.3, 0.4) is 0 Å². The highest BCUT2D eigenvalue weighted by Crippen LogP contribution is 2.29. The molecule has 3 nitrogen and oxygen atoms in total. The molecular formula is C18H22N2O. The van der Waals surface area contributed by atoms with Crippen molar-refractivity contribution in [1.29, 1.82) is 0 Å². The molecule has 0 aromatic heterocycles. The lowest BCUT2D eigenvalue weighted by Crippen LogP contribution is -2.15. The summed E-state index contributed by atoms with van der Waals surface area (Å²) in [6.07, 6.45) is 1.09. The summed E-state index contributed by atoms with van der Waals surface area (Å²) in [4.78, 5) is 0. The number of hydrogen-bond acceptors (Lipinski definition) is 3. The Bertz CT molecular complexity index is 624. The third-order valence-corrected chi connectivity index (χ3v) is 4.09. The molecule has 1 unspecified atom stereocenters. The van der Waals surface area contributed by atoms with Crippen LogP contribution in [0.4, 0.5) is 5.69 Å². The quantitative estimate of drug-likeness (QED) is 0.901. The van der Waals surface area contributed by atoms with Crippen LogP contribution in [0.25, 0.3) is 0 Å². The molecule has 2 N–H and O–H groups in total. The van der Waals surface area contributed by atoms with E-state index < -0.39 is 0 Å². The van der Waals surface area contributed by atoms with E-state index >= 15 is 0 Å². The summed E-state index contributed by atoms with van der Waals surface area (Å²) in [5.74, 6) is 0.934. The first-order chi connectivity index (χ1) is 10.3. The Labute approximate surface area is 126 Å². The van der Waals surface area contributed by atoms with Crippen molar-refractivity contribution in [2.45, 2.75) is 25.9 Å². The Balaban J connectivity index is 1.86. The fraction of sp³-hybridized carbons (Fsp3) is 0.333. The zero-order chi connectivity index (χ0) is 14.7. The first-order valence-electron chi connectivity index (χ1n) is 7.47. The Hall–Kier alpha value is -2.00. The minimum absolute atomic E-state index is 0.351. The summed E-state index contributed by atoms with van der Waals surface area (Å²) in [5.41, 5.74) is 5.09. The lowest BCUT2D eigenvalue weighted by molar-refractivity contribution is 0.412. The molecule has 0 radical (unpaired) electrons. The molecule has 1 aliphatic heterocycles. The molecule has 0 spiro atoms. The number of benzene rings is 2. The van der Waals surface area contributed by atoms with Crippen molar-refractivity contribution in [2.24, 2.45) is 0 Å². The average molecular weight is 282 g/mol. The van der Waals surface area contributed by atoms with Gasteiger partial charge in [-0.25, -0.2) is 0 Å². The number of rotatable bonds is 3. The van der Waals surface area contributed by atoms with Gasteiger partial charge in [0, 0.05) is 12.2 Å². The fourth-order valence-electron chi connectivity index (χ4n) is 2.98. The maximum absolute atomic E-state index is 5.33. The van der Waals surface area contributed by atoms with Crippen LogP contribution in [0.1, 0.15) is 29.2 Å².